The van der Waals surface area contributed by atoms with Gasteiger partial charge in [0.25, 0.3) is 5.91 Å². The molecule has 0 aliphatic rings. The van der Waals surface area contributed by atoms with Crippen LogP contribution in [-0.4, -0.2) is 17.0 Å². The van der Waals surface area contributed by atoms with E-state index >= 15 is 0 Å². The van der Waals surface area contributed by atoms with E-state index in [9.17, 15) is 14.7 Å². The Bertz CT molecular complexity index is 1040. The van der Waals surface area contributed by atoms with Gasteiger partial charge in [0.15, 0.2) is 0 Å². The molecule has 1 amide bonds. The lowest BCUT2D eigenvalue weighted by Gasteiger charge is -2.06. The van der Waals surface area contributed by atoms with Gasteiger partial charge in [-0.25, -0.2) is 4.79 Å². The average Bonchev–Trinajstić information content (AvgIpc) is 3.09. The maximum Gasteiger partial charge on any atom is 0.352 e. The number of carboxylic acid groups (broad SMARTS) is 1. The summed E-state index contributed by atoms with van der Waals surface area (Å²) in [6.07, 6.45) is 1.45. The number of carbonyl (C=O) groups excluding carboxylic acids is 1. The molecule has 3 aromatic rings. The lowest BCUT2D eigenvalue weighted by atomic mass is 10.1. The summed E-state index contributed by atoms with van der Waals surface area (Å²) in [5.74, 6) is -1.67. The molecular formula is C21H16ClNO3S. The predicted molar refractivity (Wildman–Crippen MR) is 109 cm³/mol. The van der Waals surface area contributed by atoms with Gasteiger partial charge in [0.2, 0.25) is 0 Å². The molecule has 0 aliphatic heterocycles. The first-order valence-corrected chi connectivity index (χ1v) is 9.31. The number of carboxylic acids is 1. The number of hydrogen-bond acceptors (Lipinski definition) is 3. The molecular weight excluding hydrogens is 382 g/mol. The quantitative estimate of drug-likeness (QED) is 0.579. The van der Waals surface area contributed by atoms with Crippen molar-refractivity contribution in [3.63, 3.8) is 0 Å². The fourth-order valence-electron chi connectivity index (χ4n) is 2.51. The second kappa shape index (κ2) is 8.20. The summed E-state index contributed by atoms with van der Waals surface area (Å²) in [5, 5.41) is 12.6. The second-order valence-electron chi connectivity index (χ2n) is 5.87. The maximum atomic E-state index is 12.3. The number of aliphatic carboxylic acids is 1. The van der Waals surface area contributed by atoms with E-state index in [1.165, 1.54) is 17.4 Å². The second-order valence-corrected chi connectivity index (χ2v) is 7.39. The molecule has 0 saturated heterocycles. The predicted octanol–water partition coefficient (Wildman–Crippen LogP) is 5.23. The molecule has 0 radical (unpaired) electrons. The van der Waals surface area contributed by atoms with Gasteiger partial charge in [-0.15, -0.1) is 11.3 Å². The van der Waals surface area contributed by atoms with Crippen molar-refractivity contribution in [1.29, 1.82) is 0 Å². The molecule has 0 saturated carbocycles. The molecule has 2 aromatic carbocycles. The Kier molecular flexibility index (Phi) is 5.74. The van der Waals surface area contributed by atoms with Crippen LogP contribution >= 0.6 is 22.9 Å². The van der Waals surface area contributed by atoms with Crippen molar-refractivity contribution < 1.29 is 14.7 Å². The van der Waals surface area contributed by atoms with Crippen LogP contribution in [0, 0.1) is 6.92 Å². The number of aryl methyl sites for hydroxylation is 1. The highest BCUT2D eigenvalue weighted by molar-refractivity contribution is 7.16. The zero-order chi connectivity index (χ0) is 19.4. The summed E-state index contributed by atoms with van der Waals surface area (Å²) in [6, 6.07) is 18.1. The first-order valence-electron chi connectivity index (χ1n) is 8.12. The van der Waals surface area contributed by atoms with Gasteiger partial charge in [-0.3, -0.25) is 4.79 Å². The Morgan fingerprint density at radius 3 is 2.56 bits per heavy atom. The lowest BCUT2D eigenvalue weighted by molar-refractivity contribution is -0.132. The van der Waals surface area contributed by atoms with E-state index in [-0.39, 0.29) is 5.70 Å². The minimum Gasteiger partial charge on any atom is -0.477 e. The normalized spacial score (nSPS) is 11.3. The van der Waals surface area contributed by atoms with Gasteiger partial charge in [-0.05, 0) is 43.3 Å². The van der Waals surface area contributed by atoms with Crippen molar-refractivity contribution in [2.24, 2.45) is 0 Å². The van der Waals surface area contributed by atoms with Crippen molar-refractivity contribution in [3.8, 4) is 10.4 Å². The summed E-state index contributed by atoms with van der Waals surface area (Å²) in [5.41, 5.74) is 2.02. The highest BCUT2D eigenvalue weighted by Gasteiger charge is 2.14. The minimum atomic E-state index is -1.20. The third-order valence-electron chi connectivity index (χ3n) is 3.81. The van der Waals surface area contributed by atoms with E-state index in [0.29, 0.717) is 15.5 Å². The molecule has 0 aliphatic carbocycles. The van der Waals surface area contributed by atoms with Crippen LogP contribution < -0.4 is 5.32 Å². The number of halogens is 1. The molecule has 1 heterocycles. The number of carbonyl (C=O) groups is 2. The summed E-state index contributed by atoms with van der Waals surface area (Å²) < 4.78 is 0. The van der Waals surface area contributed by atoms with E-state index in [1.54, 1.807) is 30.3 Å². The minimum absolute atomic E-state index is 0.186. The standard InChI is InChI=1S/C21H16ClNO3S/c1-13-5-4-6-14(11-13)20(24)23-18(21(25)26)12-15-9-10-19(27-15)16-7-2-3-8-17(16)22/h2-12H,1H3,(H,23,24)(H,25,26)/b18-12+. The molecule has 0 bridgehead atoms. The highest BCUT2D eigenvalue weighted by atomic mass is 35.5. The largest absolute Gasteiger partial charge is 0.477 e. The third kappa shape index (κ3) is 4.64. The fraction of sp³-hybridized carbons (Fsp3) is 0.0476. The van der Waals surface area contributed by atoms with Crippen LogP contribution in [0.5, 0.6) is 0 Å². The number of hydrogen-bond donors (Lipinski definition) is 2. The van der Waals surface area contributed by atoms with Crippen molar-refractivity contribution in [1.82, 2.24) is 5.32 Å². The molecule has 6 heteroatoms. The summed E-state index contributed by atoms with van der Waals surface area (Å²) in [4.78, 5) is 25.5. The van der Waals surface area contributed by atoms with E-state index < -0.39 is 11.9 Å². The monoisotopic (exact) mass is 397 g/mol. The molecule has 2 N–H and O–H groups in total. The number of thiophene rings is 1. The first-order chi connectivity index (χ1) is 12.9. The van der Waals surface area contributed by atoms with Gasteiger partial charge in [-0.1, -0.05) is 47.5 Å². The Labute approximate surface area is 165 Å². The van der Waals surface area contributed by atoms with Gasteiger partial charge in [0, 0.05) is 25.9 Å². The van der Waals surface area contributed by atoms with E-state index in [4.69, 9.17) is 11.6 Å². The molecule has 0 atom stereocenters. The van der Waals surface area contributed by atoms with Crippen LogP contribution in [0.2, 0.25) is 5.02 Å². The molecule has 27 heavy (non-hydrogen) atoms. The van der Waals surface area contributed by atoms with E-state index in [1.807, 2.05) is 37.3 Å². The highest BCUT2D eigenvalue weighted by Crippen LogP contribution is 2.33. The Morgan fingerprint density at radius 1 is 1.07 bits per heavy atom. The van der Waals surface area contributed by atoms with Crippen molar-refractivity contribution in [2.45, 2.75) is 6.92 Å². The zero-order valence-corrected chi connectivity index (χ0v) is 16.0. The molecule has 3 rings (SSSR count). The molecule has 4 nitrogen and oxygen atoms in total. The zero-order valence-electron chi connectivity index (χ0n) is 14.4. The van der Waals surface area contributed by atoms with Gasteiger partial charge >= 0.3 is 5.97 Å². The van der Waals surface area contributed by atoms with Crippen LogP contribution in [0.25, 0.3) is 16.5 Å². The van der Waals surface area contributed by atoms with Crippen molar-refractivity contribution >= 4 is 40.9 Å². The lowest BCUT2D eigenvalue weighted by Crippen LogP contribution is -2.27. The molecule has 1 aromatic heterocycles. The number of nitrogens with one attached hydrogen (secondary N) is 1. The summed E-state index contributed by atoms with van der Waals surface area (Å²) in [6.45, 7) is 1.87. The SMILES string of the molecule is Cc1cccc(C(=O)N/C(=C/c2ccc(-c3ccccc3Cl)s2)C(=O)O)c1. The van der Waals surface area contributed by atoms with Gasteiger partial charge in [0.1, 0.15) is 5.70 Å². The maximum absolute atomic E-state index is 12.3. The van der Waals surface area contributed by atoms with Crippen LogP contribution in [0.15, 0.2) is 66.4 Å². The van der Waals surface area contributed by atoms with Crippen LogP contribution in [-0.2, 0) is 4.79 Å². The third-order valence-corrected chi connectivity index (χ3v) is 5.21. The number of rotatable bonds is 5. The smallest absolute Gasteiger partial charge is 0.352 e. The molecule has 0 spiro atoms. The Balaban J connectivity index is 1.85. The van der Waals surface area contributed by atoms with E-state index in [0.717, 1.165) is 16.0 Å². The summed E-state index contributed by atoms with van der Waals surface area (Å²) in [7, 11) is 0. The van der Waals surface area contributed by atoms with Crippen LogP contribution in [0.4, 0.5) is 0 Å². The van der Waals surface area contributed by atoms with Crippen molar-refractivity contribution in [3.05, 3.63) is 87.4 Å². The fourth-order valence-corrected chi connectivity index (χ4v) is 3.79. The van der Waals surface area contributed by atoms with Gasteiger partial charge in [-0.2, -0.15) is 0 Å². The van der Waals surface area contributed by atoms with E-state index in [2.05, 4.69) is 5.32 Å². The average molecular weight is 398 g/mol. The topological polar surface area (TPSA) is 66.4 Å². The number of benzene rings is 2. The summed E-state index contributed by atoms with van der Waals surface area (Å²) >= 11 is 7.61. The van der Waals surface area contributed by atoms with Gasteiger partial charge < -0.3 is 10.4 Å². The molecule has 0 unspecified atom stereocenters. The molecule has 0 fully saturated rings. The number of amides is 1. The van der Waals surface area contributed by atoms with Crippen LogP contribution in [0.1, 0.15) is 20.8 Å². The van der Waals surface area contributed by atoms with Gasteiger partial charge in [0.05, 0.1) is 0 Å². The Hall–Kier alpha value is -2.89. The Morgan fingerprint density at radius 2 is 1.85 bits per heavy atom. The first kappa shape index (κ1) is 18.9. The molecule has 136 valence electrons. The van der Waals surface area contributed by atoms with Crippen LogP contribution in [0.3, 0.4) is 0 Å². The van der Waals surface area contributed by atoms with Crippen molar-refractivity contribution in [2.75, 3.05) is 0 Å².